The van der Waals surface area contributed by atoms with E-state index >= 15 is 0 Å². The van der Waals surface area contributed by atoms with Crippen LogP contribution in [0.15, 0.2) is 57.6 Å². The number of benzene rings is 2. The molecule has 0 atom stereocenters. The molecule has 2 aromatic carbocycles. The molecule has 0 amide bonds. The first-order valence-corrected chi connectivity index (χ1v) is 8.34. The van der Waals surface area contributed by atoms with Gasteiger partial charge in [0.2, 0.25) is 0 Å². The first kappa shape index (κ1) is 17.1. The van der Waals surface area contributed by atoms with Gasteiger partial charge in [0, 0.05) is 0 Å². The Bertz CT molecular complexity index is 835. The summed E-state index contributed by atoms with van der Waals surface area (Å²) < 4.78 is 30.9. The summed E-state index contributed by atoms with van der Waals surface area (Å²) in [6.45, 7) is 6.15. The lowest BCUT2D eigenvalue weighted by Gasteiger charge is -2.19. The van der Waals surface area contributed by atoms with Crippen molar-refractivity contribution in [3.63, 3.8) is 0 Å². The fraction of sp³-hybridized carbons (Fsp3) is 0.250. The molecule has 0 aliphatic rings. The number of phenols is 1. The zero-order valence-corrected chi connectivity index (χ0v) is 13.9. The maximum Gasteiger partial charge on any atom is 0.294 e. The fourth-order valence-electron chi connectivity index (χ4n) is 1.87. The predicted octanol–water partition coefficient (Wildman–Crippen LogP) is 4.35. The first-order chi connectivity index (χ1) is 10.6. The van der Waals surface area contributed by atoms with Gasteiger partial charge in [0.05, 0.1) is 10.6 Å². The van der Waals surface area contributed by atoms with Gasteiger partial charge >= 0.3 is 0 Å². The summed E-state index contributed by atoms with van der Waals surface area (Å²) >= 11 is 0. The third-order valence-corrected chi connectivity index (χ3v) is 4.12. The Morgan fingerprint density at radius 1 is 0.957 bits per heavy atom. The van der Waals surface area contributed by atoms with Crippen LogP contribution in [0, 0.1) is 0 Å². The smallest absolute Gasteiger partial charge is 0.294 e. The van der Waals surface area contributed by atoms with E-state index in [0.717, 1.165) is 5.56 Å². The lowest BCUT2D eigenvalue weighted by Crippen LogP contribution is -2.10. The molecule has 0 aliphatic heterocycles. The standard InChI is InChI=1S/C16H18N2O4S/c1-16(2,3)11-4-9-15(19)14(10-11)18-17-12-5-7-13(8-6-12)23(20,21)22/h4-10,19H,1-3H3,(H,20,21,22). The molecule has 0 aliphatic carbocycles. The molecule has 0 aromatic heterocycles. The normalized spacial score (nSPS) is 12.7. The molecule has 0 spiro atoms. The van der Waals surface area contributed by atoms with Crippen molar-refractivity contribution in [3.8, 4) is 5.75 Å². The molecular formula is C16H18N2O4S. The Hall–Kier alpha value is -2.25. The lowest BCUT2D eigenvalue weighted by atomic mass is 9.87. The fourth-order valence-corrected chi connectivity index (χ4v) is 2.35. The second-order valence-electron chi connectivity index (χ2n) is 6.12. The summed E-state index contributed by atoms with van der Waals surface area (Å²) in [7, 11) is -4.23. The van der Waals surface area contributed by atoms with Crippen LogP contribution >= 0.6 is 0 Å². The summed E-state index contributed by atoms with van der Waals surface area (Å²) in [5.41, 5.74) is 1.65. The van der Waals surface area contributed by atoms with Crippen molar-refractivity contribution in [3.05, 3.63) is 48.0 Å². The number of phenolic OH excluding ortho intramolecular Hbond substituents is 1. The van der Waals surface area contributed by atoms with Crippen LogP contribution in [-0.2, 0) is 15.5 Å². The van der Waals surface area contributed by atoms with Gasteiger partial charge in [0.15, 0.2) is 0 Å². The third kappa shape index (κ3) is 4.37. The Kier molecular flexibility index (Phi) is 4.53. The number of hydrogen-bond donors (Lipinski definition) is 2. The summed E-state index contributed by atoms with van der Waals surface area (Å²) in [5.74, 6) is 0.0105. The van der Waals surface area contributed by atoms with E-state index in [1.807, 2.05) is 26.8 Å². The predicted molar refractivity (Wildman–Crippen MR) is 87.2 cm³/mol. The molecule has 0 saturated carbocycles. The van der Waals surface area contributed by atoms with Gasteiger partial charge in [-0.1, -0.05) is 26.8 Å². The van der Waals surface area contributed by atoms with Gasteiger partial charge in [-0.25, -0.2) is 0 Å². The lowest BCUT2D eigenvalue weighted by molar-refractivity contribution is 0.475. The molecule has 0 heterocycles. The van der Waals surface area contributed by atoms with E-state index in [1.165, 1.54) is 24.3 Å². The Balaban J connectivity index is 2.30. The van der Waals surface area contributed by atoms with Gasteiger partial charge in [0.25, 0.3) is 10.1 Å². The zero-order chi connectivity index (χ0) is 17.3. The summed E-state index contributed by atoms with van der Waals surface area (Å²) in [6.07, 6.45) is 0. The van der Waals surface area contributed by atoms with Crippen LogP contribution in [-0.4, -0.2) is 18.1 Å². The number of azo groups is 1. The van der Waals surface area contributed by atoms with Gasteiger partial charge in [-0.15, -0.1) is 5.11 Å². The molecule has 0 unspecified atom stereocenters. The van der Waals surface area contributed by atoms with E-state index in [9.17, 15) is 13.5 Å². The highest BCUT2D eigenvalue weighted by Gasteiger charge is 2.15. The molecular weight excluding hydrogens is 316 g/mol. The van der Waals surface area contributed by atoms with E-state index in [1.54, 1.807) is 12.1 Å². The highest BCUT2D eigenvalue weighted by molar-refractivity contribution is 7.85. The maximum atomic E-state index is 11.0. The number of rotatable bonds is 3. The van der Waals surface area contributed by atoms with E-state index < -0.39 is 10.1 Å². The van der Waals surface area contributed by atoms with E-state index in [2.05, 4.69) is 10.2 Å². The van der Waals surface area contributed by atoms with Crippen molar-refractivity contribution in [2.45, 2.75) is 31.1 Å². The van der Waals surface area contributed by atoms with Crippen LogP contribution < -0.4 is 0 Å². The Morgan fingerprint density at radius 3 is 2.09 bits per heavy atom. The van der Waals surface area contributed by atoms with Crippen molar-refractivity contribution in [2.75, 3.05) is 0 Å². The summed E-state index contributed by atoms with van der Waals surface area (Å²) in [4.78, 5) is -0.214. The van der Waals surface area contributed by atoms with Gasteiger partial charge in [-0.2, -0.15) is 13.5 Å². The number of nitrogens with zero attached hydrogens (tertiary/aromatic N) is 2. The van der Waals surface area contributed by atoms with Crippen molar-refractivity contribution >= 4 is 21.5 Å². The van der Waals surface area contributed by atoms with Crippen molar-refractivity contribution in [1.29, 1.82) is 0 Å². The van der Waals surface area contributed by atoms with Gasteiger partial charge in [-0.3, -0.25) is 4.55 Å². The quantitative estimate of drug-likeness (QED) is 0.643. The minimum atomic E-state index is -4.23. The molecule has 0 saturated heterocycles. The van der Waals surface area contributed by atoms with Gasteiger partial charge < -0.3 is 5.11 Å². The van der Waals surface area contributed by atoms with Gasteiger partial charge in [-0.05, 0) is 47.4 Å². The van der Waals surface area contributed by atoms with Crippen LogP contribution in [0.3, 0.4) is 0 Å². The summed E-state index contributed by atoms with van der Waals surface area (Å²) in [5, 5.41) is 17.8. The minimum absolute atomic E-state index is 0.0105. The van der Waals surface area contributed by atoms with Crippen molar-refractivity contribution in [1.82, 2.24) is 0 Å². The molecule has 122 valence electrons. The molecule has 0 fully saturated rings. The van der Waals surface area contributed by atoms with Crippen LogP contribution in [0.4, 0.5) is 11.4 Å². The molecule has 0 bridgehead atoms. The zero-order valence-electron chi connectivity index (χ0n) is 13.1. The van der Waals surface area contributed by atoms with E-state index in [4.69, 9.17) is 4.55 Å². The molecule has 2 N–H and O–H groups in total. The first-order valence-electron chi connectivity index (χ1n) is 6.90. The Morgan fingerprint density at radius 2 is 1.57 bits per heavy atom. The topological polar surface area (TPSA) is 99.3 Å². The average Bonchev–Trinajstić information content (AvgIpc) is 2.44. The Labute approximate surface area is 135 Å². The summed E-state index contributed by atoms with van der Waals surface area (Å²) in [6, 6.07) is 10.4. The van der Waals surface area contributed by atoms with Crippen molar-refractivity contribution < 1.29 is 18.1 Å². The minimum Gasteiger partial charge on any atom is -0.506 e. The number of aromatic hydroxyl groups is 1. The van der Waals surface area contributed by atoms with E-state index in [0.29, 0.717) is 11.4 Å². The maximum absolute atomic E-state index is 11.0. The highest BCUT2D eigenvalue weighted by atomic mass is 32.2. The monoisotopic (exact) mass is 334 g/mol. The van der Waals surface area contributed by atoms with Crippen LogP contribution in [0.25, 0.3) is 0 Å². The number of hydrogen-bond acceptors (Lipinski definition) is 5. The van der Waals surface area contributed by atoms with Crippen LogP contribution in [0.5, 0.6) is 5.75 Å². The molecule has 7 heteroatoms. The van der Waals surface area contributed by atoms with Crippen LogP contribution in [0.2, 0.25) is 0 Å². The second kappa shape index (κ2) is 6.10. The SMILES string of the molecule is CC(C)(C)c1ccc(O)c(N=Nc2ccc(S(=O)(=O)O)cc2)c1. The van der Waals surface area contributed by atoms with Crippen LogP contribution in [0.1, 0.15) is 26.3 Å². The van der Waals surface area contributed by atoms with Crippen molar-refractivity contribution in [2.24, 2.45) is 10.2 Å². The largest absolute Gasteiger partial charge is 0.506 e. The highest BCUT2D eigenvalue weighted by Crippen LogP contribution is 2.33. The van der Waals surface area contributed by atoms with E-state index in [-0.39, 0.29) is 16.1 Å². The molecule has 0 radical (unpaired) electrons. The average molecular weight is 334 g/mol. The molecule has 23 heavy (non-hydrogen) atoms. The molecule has 6 nitrogen and oxygen atoms in total. The molecule has 2 aromatic rings. The molecule has 2 rings (SSSR count). The van der Waals surface area contributed by atoms with Gasteiger partial charge in [0.1, 0.15) is 11.4 Å². The second-order valence-corrected chi connectivity index (χ2v) is 7.54. The third-order valence-electron chi connectivity index (χ3n) is 3.25.